The summed E-state index contributed by atoms with van der Waals surface area (Å²) in [6.07, 6.45) is 7.56. The summed E-state index contributed by atoms with van der Waals surface area (Å²) in [5, 5.41) is 0.857. The van der Waals surface area contributed by atoms with Gasteiger partial charge in [0.05, 0.1) is 0 Å². The van der Waals surface area contributed by atoms with Crippen LogP contribution in [0.3, 0.4) is 0 Å². The highest BCUT2D eigenvalue weighted by atomic mass is 79.9. The lowest BCUT2D eigenvalue weighted by Crippen LogP contribution is -2.32. The Balaban J connectivity index is 1.84. The summed E-state index contributed by atoms with van der Waals surface area (Å²) in [5.41, 5.74) is 7.73. The van der Waals surface area contributed by atoms with E-state index < -0.39 is 0 Å². The van der Waals surface area contributed by atoms with Crippen molar-refractivity contribution in [3.8, 4) is 0 Å². The fourth-order valence-corrected chi connectivity index (χ4v) is 4.27. The number of halogens is 1. The van der Waals surface area contributed by atoms with Crippen LogP contribution in [0.4, 0.5) is 0 Å². The molecule has 0 unspecified atom stereocenters. The van der Waals surface area contributed by atoms with E-state index in [4.69, 9.17) is 5.73 Å². The predicted molar refractivity (Wildman–Crippen MR) is 77.4 cm³/mol. The van der Waals surface area contributed by atoms with Crippen molar-refractivity contribution in [1.29, 1.82) is 0 Å². The molecule has 0 spiro atoms. The van der Waals surface area contributed by atoms with Gasteiger partial charge < -0.3 is 5.73 Å². The maximum absolute atomic E-state index is 6.49. The molecule has 0 bridgehead atoms. The molecule has 0 aromatic heterocycles. The SMILES string of the molecule is NC1(c2ccc(SC3CC3)c(Br)c2)CCCC1. The molecule has 2 saturated carbocycles. The van der Waals surface area contributed by atoms with Gasteiger partial charge in [-0.3, -0.25) is 0 Å². The second-order valence-corrected chi connectivity index (χ2v) is 7.52. The molecule has 0 saturated heterocycles. The largest absolute Gasteiger partial charge is 0.321 e. The highest BCUT2D eigenvalue weighted by Crippen LogP contribution is 2.44. The van der Waals surface area contributed by atoms with Crippen LogP contribution in [0, 0.1) is 0 Å². The standard InChI is InChI=1S/C14H18BrNS/c15-12-9-10(14(16)7-1-2-8-14)3-6-13(12)17-11-4-5-11/h3,6,9,11H,1-2,4-5,7-8,16H2. The van der Waals surface area contributed by atoms with Crippen LogP contribution in [0.15, 0.2) is 27.6 Å². The Morgan fingerprint density at radius 3 is 2.53 bits per heavy atom. The van der Waals surface area contributed by atoms with Crippen molar-refractivity contribution in [2.24, 2.45) is 5.73 Å². The molecular formula is C14H18BrNS. The van der Waals surface area contributed by atoms with Gasteiger partial charge in [-0.05, 0) is 59.3 Å². The van der Waals surface area contributed by atoms with E-state index in [0.29, 0.717) is 0 Å². The van der Waals surface area contributed by atoms with Crippen LogP contribution in [0.25, 0.3) is 0 Å². The summed E-state index contributed by atoms with van der Waals surface area (Å²) in [6, 6.07) is 6.73. The van der Waals surface area contributed by atoms with Crippen LogP contribution in [0.5, 0.6) is 0 Å². The topological polar surface area (TPSA) is 26.0 Å². The lowest BCUT2D eigenvalue weighted by molar-refractivity contribution is 0.461. The molecule has 1 aromatic carbocycles. The minimum absolute atomic E-state index is 0.0642. The van der Waals surface area contributed by atoms with E-state index in [-0.39, 0.29) is 5.54 Å². The average Bonchev–Trinajstić information content (AvgIpc) is 3.02. The quantitative estimate of drug-likeness (QED) is 0.893. The van der Waals surface area contributed by atoms with E-state index in [1.807, 2.05) is 11.8 Å². The minimum atomic E-state index is -0.0642. The van der Waals surface area contributed by atoms with Gasteiger partial charge in [0.1, 0.15) is 0 Å². The average molecular weight is 312 g/mol. The summed E-state index contributed by atoms with van der Waals surface area (Å²) in [6.45, 7) is 0. The third-order valence-electron chi connectivity index (χ3n) is 3.82. The Hall–Kier alpha value is 0.01000. The lowest BCUT2D eigenvalue weighted by Gasteiger charge is -2.24. The van der Waals surface area contributed by atoms with Gasteiger partial charge >= 0.3 is 0 Å². The van der Waals surface area contributed by atoms with E-state index in [9.17, 15) is 0 Å². The first-order valence-electron chi connectivity index (χ1n) is 6.43. The molecule has 17 heavy (non-hydrogen) atoms. The monoisotopic (exact) mass is 311 g/mol. The van der Waals surface area contributed by atoms with E-state index >= 15 is 0 Å². The number of thioether (sulfide) groups is 1. The van der Waals surface area contributed by atoms with Crippen molar-refractivity contribution in [1.82, 2.24) is 0 Å². The summed E-state index contributed by atoms with van der Waals surface area (Å²) in [5.74, 6) is 0. The minimum Gasteiger partial charge on any atom is -0.321 e. The normalized spacial score (nSPS) is 22.9. The van der Waals surface area contributed by atoms with Crippen molar-refractivity contribution in [3.63, 3.8) is 0 Å². The summed E-state index contributed by atoms with van der Waals surface area (Å²) < 4.78 is 1.23. The van der Waals surface area contributed by atoms with Gasteiger partial charge in [-0.1, -0.05) is 18.9 Å². The van der Waals surface area contributed by atoms with Gasteiger partial charge in [0.2, 0.25) is 0 Å². The zero-order valence-corrected chi connectivity index (χ0v) is 12.3. The molecule has 0 amide bonds. The van der Waals surface area contributed by atoms with Crippen molar-refractivity contribution in [2.45, 2.75) is 54.2 Å². The molecular weight excluding hydrogens is 294 g/mol. The van der Waals surface area contributed by atoms with Gasteiger partial charge in [0.25, 0.3) is 0 Å². The summed E-state index contributed by atoms with van der Waals surface area (Å²) >= 11 is 5.70. The molecule has 0 radical (unpaired) electrons. The molecule has 1 aromatic rings. The fraction of sp³-hybridized carbons (Fsp3) is 0.571. The van der Waals surface area contributed by atoms with Gasteiger partial charge in [-0.15, -0.1) is 11.8 Å². The summed E-state index contributed by atoms with van der Waals surface area (Å²) in [4.78, 5) is 1.37. The number of nitrogens with two attached hydrogens (primary N) is 1. The van der Waals surface area contributed by atoms with Crippen molar-refractivity contribution in [2.75, 3.05) is 0 Å². The lowest BCUT2D eigenvalue weighted by atomic mass is 9.90. The van der Waals surface area contributed by atoms with Crippen LogP contribution in [0.2, 0.25) is 0 Å². The van der Waals surface area contributed by atoms with Crippen molar-refractivity contribution < 1.29 is 0 Å². The Morgan fingerprint density at radius 1 is 1.24 bits per heavy atom. The molecule has 3 rings (SSSR count). The summed E-state index contributed by atoms with van der Waals surface area (Å²) in [7, 11) is 0. The second-order valence-electron chi connectivity index (χ2n) is 5.33. The van der Waals surface area contributed by atoms with Gasteiger partial charge in [0.15, 0.2) is 0 Å². The van der Waals surface area contributed by atoms with Crippen LogP contribution >= 0.6 is 27.7 Å². The number of benzene rings is 1. The molecule has 0 aliphatic heterocycles. The molecule has 0 atom stereocenters. The molecule has 2 aliphatic carbocycles. The number of rotatable bonds is 3. The molecule has 2 fully saturated rings. The second kappa shape index (κ2) is 4.60. The Bertz CT molecular complexity index is 422. The van der Waals surface area contributed by atoms with E-state index in [0.717, 1.165) is 18.1 Å². The first-order valence-corrected chi connectivity index (χ1v) is 8.10. The highest BCUT2D eigenvalue weighted by Gasteiger charge is 2.31. The van der Waals surface area contributed by atoms with Crippen LogP contribution in [0.1, 0.15) is 44.1 Å². The van der Waals surface area contributed by atoms with Gasteiger partial charge in [0, 0.05) is 20.2 Å². The molecule has 2 N–H and O–H groups in total. The first kappa shape index (κ1) is 12.1. The molecule has 3 heteroatoms. The number of hydrogen-bond donors (Lipinski definition) is 1. The van der Waals surface area contributed by atoms with Gasteiger partial charge in [-0.2, -0.15) is 0 Å². The predicted octanol–water partition coefficient (Wildman–Crippen LogP) is 4.43. The van der Waals surface area contributed by atoms with E-state index in [1.165, 1.54) is 40.6 Å². The Labute approximate surface area is 116 Å². The molecule has 1 nitrogen and oxygen atoms in total. The van der Waals surface area contributed by atoms with Crippen LogP contribution < -0.4 is 5.73 Å². The molecule has 2 aliphatic rings. The third-order valence-corrected chi connectivity index (χ3v) is 6.15. The van der Waals surface area contributed by atoms with Crippen LogP contribution in [-0.4, -0.2) is 5.25 Å². The maximum Gasteiger partial charge on any atom is 0.0410 e. The van der Waals surface area contributed by atoms with E-state index in [1.54, 1.807) is 0 Å². The Morgan fingerprint density at radius 2 is 1.94 bits per heavy atom. The molecule has 0 heterocycles. The number of hydrogen-bond acceptors (Lipinski definition) is 2. The van der Waals surface area contributed by atoms with E-state index in [2.05, 4.69) is 34.1 Å². The zero-order chi connectivity index (χ0) is 11.9. The zero-order valence-electron chi connectivity index (χ0n) is 9.92. The van der Waals surface area contributed by atoms with Gasteiger partial charge in [-0.25, -0.2) is 0 Å². The fourth-order valence-electron chi connectivity index (χ4n) is 2.57. The smallest absolute Gasteiger partial charge is 0.0410 e. The highest BCUT2D eigenvalue weighted by molar-refractivity contribution is 9.10. The van der Waals surface area contributed by atoms with Crippen LogP contribution in [-0.2, 0) is 5.54 Å². The molecule has 92 valence electrons. The maximum atomic E-state index is 6.49. The van der Waals surface area contributed by atoms with Crippen molar-refractivity contribution >= 4 is 27.7 Å². The van der Waals surface area contributed by atoms with Crippen molar-refractivity contribution in [3.05, 3.63) is 28.2 Å². The Kier molecular flexibility index (Phi) is 3.26. The first-order chi connectivity index (χ1) is 8.17. The third kappa shape index (κ3) is 2.56.